The monoisotopic (exact) mass is 452 g/mol. The van der Waals surface area contributed by atoms with E-state index in [2.05, 4.69) is 88.5 Å². The first-order valence-electron chi connectivity index (χ1n) is 11.5. The van der Waals surface area contributed by atoms with Crippen LogP contribution < -0.4 is 0 Å². The fourth-order valence-electron chi connectivity index (χ4n) is 4.54. The van der Waals surface area contributed by atoms with Crippen LogP contribution in [0, 0.1) is 0 Å². The molecular formula is C27H36O4Si. The van der Waals surface area contributed by atoms with E-state index in [0.29, 0.717) is 19.8 Å². The minimum absolute atomic E-state index is 0.147. The van der Waals surface area contributed by atoms with Crippen molar-refractivity contribution in [3.8, 4) is 0 Å². The molecule has 2 aromatic carbocycles. The molecule has 2 bridgehead atoms. The molecule has 5 heteroatoms. The third kappa shape index (κ3) is 3.91. The molecule has 0 amide bonds. The predicted octanol–water partition coefficient (Wildman–Crippen LogP) is 5.97. The molecule has 0 radical (unpaired) electrons. The summed E-state index contributed by atoms with van der Waals surface area (Å²) in [5.41, 5.74) is 5.50. The summed E-state index contributed by atoms with van der Waals surface area (Å²) in [6, 6.07) is 17.3. The van der Waals surface area contributed by atoms with E-state index in [1.54, 1.807) is 7.11 Å². The molecule has 0 unspecified atom stereocenters. The molecule has 0 saturated carbocycles. The fraction of sp³-hybridized carbons (Fsp3) is 0.481. The van der Waals surface area contributed by atoms with Gasteiger partial charge in [0.1, 0.15) is 12.4 Å². The Balaban J connectivity index is 1.75. The van der Waals surface area contributed by atoms with Gasteiger partial charge < -0.3 is 18.6 Å². The maximum absolute atomic E-state index is 6.72. The topological polar surface area (TPSA) is 36.9 Å². The standard InChI is InChI=1S/C27H36O4Si/c1-26(2,3)32(5,6)31-18-20-17-23-21-11-7-9-13-24(21)27(20,30-19-29-16-15-28-4)25-14-10-8-12-22(23)25/h7-14,17,23H,15-16,18-19H2,1-6H3. The molecule has 0 aliphatic heterocycles. The van der Waals surface area contributed by atoms with Crippen molar-refractivity contribution < 1.29 is 18.6 Å². The molecule has 0 aromatic heterocycles. The molecule has 32 heavy (non-hydrogen) atoms. The minimum Gasteiger partial charge on any atom is -0.413 e. The summed E-state index contributed by atoms with van der Waals surface area (Å²) in [5, 5.41) is 0.147. The Morgan fingerprint density at radius 3 is 2.06 bits per heavy atom. The first-order valence-corrected chi connectivity index (χ1v) is 14.4. The zero-order chi connectivity index (χ0) is 23.0. The van der Waals surface area contributed by atoms with Crippen LogP contribution in [-0.2, 0) is 24.2 Å². The average molecular weight is 453 g/mol. The van der Waals surface area contributed by atoms with Crippen molar-refractivity contribution >= 4 is 8.32 Å². The first-order chi connectivity index (χ1) is 15.2. The van der Waals surface area contributed by atoms with Crippen molar-refractivity contribution in [2.24, 2.45) is 0 Å². The van der Waals surface area contributed by atoms with Gasteiger partial charge in [0.15, 0.2) is 8.32 Å². The molecule has 2 aromatic rings. The quantitative estimate of drug-likeness (QED) is 0.203. The third-order valence-corrected chi connectivity index (χ3v) is 11.8. The average Bonchev–Trinajstić information content (AvgIpc) is 2.77. The molecule has 3 aliphatic carbocycles. The Bertz CT molecular complexity index is 942. The smallest absolute Gasteiger partial charge is 0.192 e. The number of rotatable bonds is 9. The van der Waals surface area contributed by atoms with Crippen LogP contribution in [0.5, 0.6) is 0 Å². The predicted molar refractivity (Wildman–Crippen MR) is 131 cm³/mol. The Hall–Kier alpha value is -1.76. The summed E-state index contributed by atoms with van der Waals surface area (Å²) in [4.78, 5) is 0. The van der Waals surface area contributed by atoms with E-state index in [-0.39, 0.29) is 17.7 Å². The number of benzene rings is 2. The highest BCUT2D eigenvalue weighted by Crippen LogP contribution is 2.56. The Labute approximate surface area is 193 Å². The zero-order valence-corrected chi connectivity index (χ0v) is 21.2. The summed E-state index contributed by atoms with van der Waals surface area (Å²) in [7, 11) is -0.248. The van der Waals surface area contributed by atoms with Crippen molar-refractivity contribution in [1.82, 2.24) is 0 Å². The second-order valence-corrected chi connectivity index (χ2v) is 15.0. The van der Waals surface area contributed by atoms with Gasteiger partial charge >= 0.3 is 0 Å². The fourth-order valence-corrected chi connectivity index (χ4v) is 5.49. The van der Waals surface area contributed by atoms with Gasteiger partial charge in [0.25, 0.3) is 0 Å². The van der Waals surface area contributed by atoms with Crippen molar-refractivity contribution in [1.29, 1.82) is 0 Å². The molecule has 3 aliphatic rings. The van der Waals surface area contributed by atoms with Crippen molar-refractivity contribution in [2.75, 3.05) is 33.7 Å². The maximum Gasteiger partial charge on any atom is 0.192 e. The summed E-state index contributed by atoms with van der Waals surface area (Å²) < 4.78 is 24.3. The molecule has 0 saturated heterocycles. The molecule has 0 N–H and O–H groups in total. The molecule has 172 valence electrons. The van der Waals surface area contributed by atoms with Gasteiger partial charge in [0, 0.05) is 13.0 Å². The number of methoxy groups -OCH3 is 1. The van der Waals surface area contributed by atoms with Gasteiger partial charge in [0.05, 0.1) is 19.8 Å². The molecule has 0 atom stereocenters. The lowest BCUT2D eigenvalue weighted by atomic mass is 9.62. The highest BCUT2D eigenvalue weighted by molar-refractivity contribution is 6.74. The van der Waals surface area contributed by atoms with Crippen LogP contribution in [-0.4, -0.2) is 42.0 Å². The van der Waals surface area contributed by atoms with E-state index < -0.39 is 13.9 Å². The lowest BCUT2D eigenvalue weighted by molar-refractivity contribution is -0.125. The summed E-state index contributed by atoms with van der Waals surface area (Å²) >= 11 is 0. The second kappa shape index (κ2) is 8.88. The van der Waals surface area contributed by atoms with E-state index in [1.807, 2.05) is 0 Å². The minimum atomic E-state index is -1.93. The van der Waals surface area contributed by atoms with Crippen LogP contribution in [0.4, 0.5) is 0 Å². The SMILES string of the molecule is COCCOCOC12C(CO[Si](C)(C)C(C)(C)C)=CC(c3ccccc31)c1ccccc12. The van der Waals surface area contributed by atoms with Crippen molar-refractivity contribution in [3.05, 3.63) is 82.4 Å². The first kappa shape index (κ1) is 23.4. The van der Waals surface area contributed by atoms with Gasteiger partial charge in [-0.2, -0.15) is 0 Å². The lowest BCUT2D eigenvalue weighted by Gasteiger charge is -2.49. The van der Waals surface area contributed by atoms with E-state index in [4.69, 9.17) is 18.6 Å². The van der Waals surface area contributed by atoms with Crippen LogP contribution in [0.15, 0.2) is 60.2 Å². The summed E-state index contributed by atoms with van der Waals surface area (Å²) in [6.45, 7) is 13.2. The number of hydrogen-bond acceptors (Lipinski definition) is 4. The second-order valence-electron chi connectivity index (χ2n) is 10.2. The Kier molecular flexibility index (Phi) is 6.49. The number of hydrogen-bond donors (Lipinski definition) is 0. The molecule has 0 spiro atoms. The zero-order valence-electron chi connectivity index (χ0n) is 20.2. The van der Waals surface area contributed by atoms with Crippen LogP contribution >= 0.6 is 0 Å². The van der Waals surface area contributed by atoms with Gasteiger partial charge in [-0.25, -0.2) is 0 Å². The largest absolute Gasteiger partial charge is 0.413 e. The molecular weight excluding hydrogens is 416 g/mol. The Morgan fingerprint density at radius 1 is 0.906 bits per heavy atom. The van der Waals surface area contributed by atoms with Gasteiger partial charge in [-0.15, -0.1) is 0 Å². The van der Waals surface area contributed by atoms with Crippen molar-refractivity contribution in [2.45, 2.75) is 50.4 Å². The molecule has 0 heterocycles. The number of ether oxygens (including phenoxy) is 3. The van der Waals surface area contributed by atoms with Crippen LogP contribution in [0.1, 0.15) is 48.9 Å². The van der Waals surface area contributed by atoms with E-state index in [9.17, 15) is 0 Å². The summed E-state index contributed by atoms with van der Waals surface area (Å²) in [6.07, 6.45) is 2.37. The van der Waals surface area contributed by atoms with E-state index in [0.717, 1.165) is 0 Å². The van der Waals surface area contributed by atoms with E-state index >= 15 is 0 Å². The van der Waals surface area contributed by atoms with Crippen molar-refractivity contribution in [3.63, 3.8) is 0 Å². The summed E-state index contributed by atoms with van der Waals surface area (Å²) in [5.74, 6) is 0.223. The van der Waals surface area contributed by atoms with Crippen LogP contribution in [0.2, 0.25) is 18.1 Å². The van der Waals surface area contributed by atoms with Gasteiger partial charge in [-0.1, -0.05) is 75.4 Å². The van der Waals surface area contributed by atoms with Crippen LogP contribution in [0.3, 0.4) is 0 Å². The van der Waals surface area contributed by atoms with Gasteiger partial charge in [-0.3, -0.25) is 0 Å². The van der Waals surface area contributed by atoms with Gasteiger partial charge in [-0.05, 0) is 46.0 Å². The number of allylic oxidation sites excluding steroid dienone is 1. The lowest BCUT2D eigenvalue weighted by Crippen LogP contribution is -2.47. The Morgan fingerprint density at radius 2 is 1.50 bits per heavy atom. The third-order valence-electron chi connectivity index (χ3n) is 7.36. The molecule has 0 fully saturated rings. The highest BCUT2D eigenvalue weighted by Gasteiger charge is 2.51. The van der Waals surface area contributed by atoms with Gasteiger partial charge in [0.2, 0.25) is 0 Å². The maximum atomic E-state index is 6.72. The highest BCUT2D eigenvalue weighted by atomic mass is 28.4. The van der Waals surface area contributed by atoms with Crippen LogP contribution in [0.25, 0.3) is 0 Å². The molecule has 4 nitrogen and oxygen atoms in total. The molecule has 5 rings (SSSR count). The van der Waals surface area contributed by atoms with E-state index in [1.165, 1.54) is 27.8 Å². The normalized spacial score (nSPS) is 21.8.